The van der Waals surface area contributed by atoms with Gasteiger partial charge in [0.15, 0.2) is 5.75 Å². The number of halogens is 1. The maximum Gasteiger partial charge on any atom is 0.170 e. The van der Waals surface area contributed by atoms with E-state index in [1.54, 1.807) is 18.2 Å². The van der Waals surface area contributed by atoms with Gasteiger partial charge in [-0.15, -0.1) is 11.6 Å². The second-order valence-corrected chi connectivity index (χ2v) is 3.28. The maximum absolute atomic E-state index is 10.5. The molecule has 1 unspecified atom stereocenters. The molecule has 0 aliphatic carbocycles. The Balaban J connectivity index is 2.46. The average molecular weight is 199 g/mol. The van der Waals surface area contributed by atoms with Gasteiger partial charge < -0.3 is 4.89 Å². The third-order valence-corrected chi connectivity index (χ3v) is 2.23. The number of fused-ring (bicyclic) bond motifs is 1. The number of rotatable bonds is 1. The van der Waals surface area contributed by atoms with Crippen LogP contribution in [-0.2, 0) is 4.89 Å². The summed E-state index contributed by atoms with van der Waals surface area (Å²) in [5.41, 5.74) is 1.40. The van der Waals surface area contributed by atoms with Crippen LogP contribution in [0.2, 0.25) is 0 Å². The molecule has 0 saturated heterocycles. The van der Waals surface area contributed by atoms with E-state index in [2.05, 4.69) is 0 Å². The van der Waals surface area contributed by atoms with E-state index < -0.39 is 0 Å². The lowest BCUT2D eigenvalue weighted by Gasteiger charge is -2.19. The van der Waals surface area contributed by atoms with Crippen LogP contribution in [0.4, 0.5) is 0 Å². The predicted molar refractivity (Wildman–Crippen MR) is 47.0 cm³/mol. The van der Waals surface area contributed by atoms with Crippen molar-refractivity contribution in [2.75, 3.05) is 6.61 Å². The molecule has 1 atom stereocenters. The highest BCUT2D eigenvalue weighted by Gasteiger charge is 2.20. The van der Waals surface area contributed by atoms with Crippen LogP contribution in [0.3, 0.4) is 0 Å². The summed E-state index contributed by atoms with van der Waals surface area (Å²) >= 11 is 5.96. The fourth-order valence-corrected chi connectivity index (χ4v) is 1.43. The van der Waals surface area contributed by atoms with E-state index in [9.17, 15) is 4.79 Å². The number of alkyl halides is 1. The lowest BCUT2D eigenvalue weighted by Crippen LogP contribution is -2.13. The van der Waals surface area contributed by atoms with Crippen molar-refractivity contribution >= 4 is 17.9 Å². The van der Waals surface area contributed by atoms with Gasteiger partial charge in [-0.1, -0.05) is 0 Å². The van der Waals surface area contributed by atoms with E-state index in [4.69, 9.17) is 21.4 Å². The molecule has 0 fully saturated rings. The van der Waals surface area contributed by atoms with Crippen LogP contribution in [0.1, 0.15) is 21.3 Å². The Hall–Kier alpha value is -1.06. The highest BCUT2D eigenvalue weighted by Crippen LogP contribution is 2.34. The highest BCUT2D eigenvalue weighted by atomic mass is 35.5. The van der Waals surface area contributed by atoms with Gasteiger partial charge in [0.05, 0.1) is 5.38 Å². The first-order valence-electron chi connectivity index (χ1n) is 3.84. The smallest absolute Gasteiger partial charge is 0.170 e. The molecule has 1 heterocycles. The molecule has 2 rings (SSSR count). The molecule has 13 heavy (non-hydrogen) atoms. The summed E-state index contributed by atoms with van der Waals surface area (Å²) in [6.07, 6.45) is 0.777. The van der Waals surface area contributed by atoms with Crippen molar-refractivity contribution in [3.63, 3.8) is 0 Å². The second kappa shape index (κ2) is 3.36. The Bertz CT molecular complexity index is 338. The molecular formula is C9H7ClO3. The minimum atomic E-state index is -0.247. The summed E-state index contributed by atoms with van der Waals surface area (Å²) in [5, 5.41) is -0.247. The summed E-state index contributed by atoms with van der Waals surface area (Å²) in [4.78, 5) is 20.1. The Labute approximate surface area is 80.1 Å². The summed E-state index contributed by atoms with van der Waals surface area (Å²) in [7, 11) is 0. The zero-order valence-corrected chi connectivity index (χ0v) is 7.45. The van der Waals surface area contributed by atoms with Gasteiger partial charge >= 0.3 is 0 Å². The van der Waals surface area contributed by atoms with E-state index >= 15 is 0 Å². The standard InChI is InChI=1S/C9H7ClO3/c10-8-5-12-13-9-2-1-6(4-11)3-7(8)9/h1-4,8H,5H2. The quantitative estimate of drug-likeness (QED) is 0.394. The van der Waals surface area contributed by atoms with E-state index in [1.807, 2.05) is 0 Å². The summed E-state index contributed by atoms with van der Waals surface area (Å²) in [6, 6.07) is 5.04. The van der Waals surface area contributed by atoms with Crippen LogP contribution in [-0.4, -0.2) is 12.9 Å². The molecule has 0 bridgehead atoms. The maximum atomic E-state index is 10.5. The van der Waals surface area contributed by atoms with Gasteiger partial charge in [-0.2, -0.15) is 4.89 Å². The van der Waals surface area contributed by atoms with Crippen molar-refractivity contribution < 1.29 is 14.6 Å². The van der Waals surface area contributed by atoms with Crippen LogP contribution in [0, 0.1) is 0 Å². The van der Waals surface area contributed by atoms with Gasteiger partial charge in [-0.05, 0) is 18.2 Å². The molecule has 1 aromatic carbocycles. The van der Waals surface area contributed by atoms with Gasteiger partial charge in [0.25, 0.3) is 0 Å². The van der Waals surface area contributed by atoms with E-state index in [0.29, 0.717) is 17.9 Å². The van der Waals surface area contributed by atoms with Crippen LogP contribution in [0.25, 0.3) is 0 Å². The molecule has 4 heteroatoms. The number of aldehydes is 1. The van der Waals surface area contributed by atoms with Crippen LogP contribution >= 0.6 is 11.6 Å². The summed E-state index contributed by atoms with van der Waals surface area (Å²) < 4.78 is 0. The number of hydrogen-bond acceptors (Lipinski definition) is 3. The number of hydrogen-bond donors (Lipinski definition) is 0. The van der Waals surface area contributed by atoms with Crippen molar-refractivity contribution in [2.45, 2.75) is 5.38 Å². The molecule has 0 saturated carbocycles. The van der Waals surface area contributed by atoms with E-state index in [1.165, 1.54) is 0 Å². The third-order valence-electron chi connectivity index (χ3n) is 1.87. The topological polar surface area (TPSA) is 35.5 Å². The third kappa shape index (κ3) is 1.53. The van der Waals surface area contributed by atoms with Crippen molar-refractivity contribution in [3.8, 4) is 5.75 Å². The molecular weight excluding hydrogens is 192 g/mol. The lowest BCUT2D eigenvalue weighted by atomic mass is 10.1. The van der Waals surface area contributed by atoms with Crippen molar-refractivity contribution in [2.24, 2.45) is 0 Å². The van der Waals surface area contributed by atoms with Gasteiger partial charge in [0, 0.05) is 11.1 Å². The van der Waals surface area contributed by atoms with Gasteiger partial charge in [-0.3, -0.25) is 4.79 Å². The molecule has 3 nitrogen and oxygen atoms in total. The summed E-state index contributed by atoms with van der Waals surface area (Å²) in [5.74, 6) is 0.580. The molecule has 0 spiro atoms. The van der Waals surface area contributed by atoms with Gasteiger partial charge in [0.2, 0.25) is 0 Å². The number of benzene rings is 1. The molecule has 0 radical (unpaired) electrons. The predicted octanol–water partition coefficient (Wildman–Crippen LogP) is 2.10. The Morgan fingerprint density at radius 3 is 3.15 bits per heavy atom. The first-order valence-corrected chi connectivity index (χ1v) is 4.27. The highest BCUT2D eigenvalue weighted by molar-refractivity contribution is 6.21. The van der Waals surface area contributed by atoms with E-state index in [0.717, 1.165) is 11.8 Å². The monoisotopic (exact) mass is 198 g/mol. The Morgan fingerprint density at radius 1 is 1.54 bits per heavy atom. The average Bonchev–Trinajstić information content (AvgIpc) is 2.18. The molecule has 1 aliphatic rings. The minimum Gasteiger partial charge on any atom is -0.337 e. The molecule has 0 aromatic heterocycles. The largest absolute Gasteiger partial charge is 0.337 e. The van der Waals surface area contributed by atoms with E-state index in [-0.39, 0.29) is 5.38 Å². The number of carbonyl (C=O) groups excluding carboxylic acids is 1. The zero-order valence-electron chi connectivity index (χ0n) is 6.70. The number of carbonyl (C=O) groups is 1. The van der Waals surface area contributed by atoms with Crippen molar-refractivity contribution in [1.29, 1.82) is 0 Å². The van der Waals surface area contributed by atoms with Crippen LogP contribution in [0.15, 0.2) is 18.2 Å². The van der Waals surface area contributed by atoms with Crippen LogP contribution < -0.4 is 4.89 Å². The molecule has 68 valence electrons. The van der Waals surface area contributed by atoms with Gasteiger partial charge in [-0.25, -0.2) is 0 Å². The molecule has 0 N–H and O–H groups in total. The van der Waals surface area contributed by atoms with Crippen molar-refractivity contribution in [3.05, 3.63) is 29.3 Å². The fourth-order valence-electron chi connectivity index (χ4n) is 1.21. The van der Waals surface area contributed by atoms with Crippen LogP contribution in [0.5, 0.6) is 5.75 Å². The normalized spacial score (nSPS) is 20.2. The Kier molecular flexibility index (Phi) is 2.20. The molecule has 1 aromatic rings. The molecule has 1 aliphatic heterocycles. The Morgan fingerprint density at radius 2 is 2.38 bits per heavy atom. The second-order valence-electron chi connectivity index (χ2n) is 2.75. The molecule has 0 amide bonds. The minimum absolute atomic E-state index is 0.247. The summed E-state index contributed by atoms with van der Waals surface area (Å²) in [6.45, 7) is 0.302. The SMILES string of the molecule is O=Cc1ccc2c(c1)C(Cl)COO2. The van der Waals surface area contributed by atoms with Gasteiger partial charge in [0.1, 0.15) is 12.9 Å². The zero-order chi connectivity index (χ0) is 9.26. The fraction of sp³-hybridized carbons (Fsp3) is 0.222. The van der Waals surface area contributed by atoms with Crippen molar-refractivity contribution in [1.82, 2.24) is 0 Å². The first kappa shape index (κ1) is 8.53. The lowest BCUT2D eigenvalue weighted by molar-refractivity contribution is -0.216. The first-order chi connectivity index (χ1) is 6.31.